The quantitative estimate of drug-likeness (QED) is 0.802. The van der Waals surface area contributed by atoms with Crippen LogP contribution in [0.1, 0.15) is 45.1 Å². The van der Waals surface area contributed by atoms with Gasteiger partial charge in [0, 0.05) is 24.4 Å². The lowest BCUT2D eigenvalue weighted by Crippen LogP contribution is -2.31. The molecule has 2 aromatic rings. The molecule has 0 bridgehead atoms. The van der Waals surface area contributed by atoms with Gasteiger partial charge in [-0.3, -0.25) is 4.79 Å². The van der Waals surface area contributed by atoms with Crippen LogP contribution >= 0.6 is 0 Å². The number of unbranched alkanes of at least 4 members (excludes halogenated alkanes) is 2. The largest absolute Gasteiger partial charge is 0.424 e. The number of hydrogen-bond acceptors (Lipinski definition) is 5. The number of anilines is 1. The van der Waals surface area contributed by atoms with Crippen molar-refractivity contribution in [1.29, 1.82) is 0 Å². The Morgan fingerprint density at radius 1 is 1.39 bits per heavy atom. The summed E-state index contributed by atoms with van der Waals surface area (Å²) in [7, 11) is 0. The van der Waals surface area contributed by atoms with Crippen LogP contribution < -0.4 is 10.7 Å². The zero-order valence-electron chi connectivity index (χ0n) is 13.6. The molecular weight excluding hydrogens is 292 g/mol. The normalized spacial score (nSPS) is 17.9. The fraction of sp³-hybridized carbons (Fsp3) is 0.471. The second-order valence-electron chi connectivity index (χ2n) is 5.97. The average Bonchev–Trinajstić information content (AvgIpc) is 2.93. The Labute approximate surface area is 135 Å². The van der Waals surface area contributed by atoms with Crippen LogP contribution in [0.4, 0.5) is 6.01 Å². The summed E-state index contributed by atoms with van der Waals surface area (Å²) < 4.78 is 5.70. The highest BCUT2D eigenvalue weighted by Crippen LogP contribution is 2.23. The van der Waals surface area contributed by atoms with Gasteiger partial charge in [-0.05, 0) is 24.6 Å². The first-order chi connectivity index (χ1) is 11.2. The molecule has 1 atom stereocenters. The number of nitrogens with zero attached hydrogens (tertiary/aromatic N) is 2. The van der Waals surface area contributed by atoms with Gasteiger partial charge in [-0.25, -0.2) is 5.43 Å². The second kappa shape index (κ2) is 6.81. The number of carbonyl (C=O) groups is 1. The monoisotopic (exact) mass is 314 g/mol. The highest BCUT2D eigenvalue weighted by molar-refractivity contribution is 6.07. The van der Waals surface area contributed by atoms with E-state index in [1.807, 2.05) is 25.1 Å². The standard InChI is InChI=1S/C17H22N4O2/c1-3-4-5-8-18-17-19-13-10-12(6-7-14(13)23-17)16-11(2)9-15(22)20-21-16/h6-7,10-11H,3-5,8-9H2,1-2H3,(H,18,19)(H,20,22). The van der Waals surface area contributed by atoms with Crippen molar-refractivity contribution in [3.63, 3.8) is 0 Å². The van der Waals surface area contributed by atoms with Crippen molar-refractivity contribution in [1.82, 2.24) is 10.4 Å². The Hall–Kier alpha value is -2.37. The summed E-state index contributed by atoms with van der Waals surface area (Å²) in [6.07, 6.45) is 3.95. The van der Waals surface area contributed by atoms with Gasteiger partial charge >= 0.3 is 0 Å². The topological polar surface area (TPSA) is 79.5 Å². The van der Waals surface area contributed by atoms with E-state index >= 15 is 0 Å². The number of aromatic nitrogens is 1. The van der Waals surface area contributed by atoms with Crippen molar-refractivity contribution in [2.45, 2.75) is 39.5 Å². The van der Waals surface area contributed by atoms with E-state index in [1.54, 1.807) is 0 Å². The van der Waals surface area contributed by atoms with Gasteiger partial charge < -0.3 is 9.73 Å². The molecule has 6 nitrogen and oxygen atoms in total. The van der Waals surface area contributed by atoms with E-state index < -0.39 is 0 Å². The van der Waals surface area contributed by atoms with Gasteiger partial charge in [0.15, 0.2) is 5.58 Å². The lowest BCUT2D eigenvalue weighted by Gasteiger charge is -2.18. The Morgan fingerprint density at radius 3 is 3.04 bits per heavy atom. The molecule has 6 heteroatoms. The number of benzene rings is 1. The van der Waals surface area contributed by atoms with Gasteiger partial charge in [-0.2, -0.15) is 10.1 Å². The van der Waals surface area contributed by atoms with Crippen LogP contribution in [0, 0.1) is 5.92 Å². The number of amides is 1. The fourth-order valence-electron chi connectivity index (χ4n) is 2.73. The van der Waals surface area contributed by atoms with E-state index in [1.165, 1.54) is 12.8 Å². The smallest absolute Gasteiger partial charge is 0.295 e. The van der Waals surface area contributed by atoms with Crippen LogP contribution in [-0.2, 0) is 4.79 Å². The summed E-state index contributed by atoms with van der Waals surface area (Å²) in [4.78, 5) is 15.8. The van der Waals surface area contributed by atoms with E-state index in [0.717, 1.165) is 35.3 Å². The zero-order valence-corrected chi connectivity index (χ0v) is 13.6. The molecule has 0 saturated carbocycles. The third-order valence-corrected chi connectivity index (χ3v) is 4.00. The zero-order chi connectivity index (χ0) is 16.2. The average molecular weight is 314 g/mol. The Kier molecular flexibility index (Phi) is 4.60. The molecule has 23 heavy (non-hydrogen) atoms. The number of oxazole rings is 1. The molecule has 0 aliphatic carbocycles. The molecule has 1 aliphatic heterocycles. The summed E-state index contributed by atoms with van der Waals surface area (Å²) in [6, 6.07) is 6.38. The van der Waals surface area contributed by atoms with Crippen molar-refractivity contribution in [2.24, 2.45) is 11.0 Å². The Balaban J connectivity index is 1.78. The fourth-order valence-corrected chi connectivity index (χ4v) is 2.73. The first kappa shape index (κ1) is 15.5. The number of fused-ring (bicyclic) bond motifs is 1. The lowest BCUT2D eigenvalue weighted by atomic mass is 9.94. The molecule has 2 heterocycles. The molecule has 3 rings (SSSR count). The molecule has 0 radical (unpaired) electrons. The summed E-state index contributed by atoms with van der Waals surface area (Å²) in [5.74, 6) is 0.0575. The van der Waals surface area contributed by atoms with Crippen LogP contribution in [0.2, 0.25) is 0 Å². The van der Waals surface area contributed by atoms with E-state index in [4.69, 9.17) is 4.42 Å². The number of nitrogens with one attached hydrogen (secondary N) is 2. The van der Waals surface area contributed by atoms with Gasteiger partial charge in [-0.1, -0.05) is 26.7 Å². The van der Waals surface area contributed by atoms with Gasteiger partial charge in [0.25, 0.3) is 6.01 Å². The first-order valence-electron chi connectivity index (χ1n) is 8.18. The SMILES string of the molecule is CCCCCNc1nc2cc(C3=NNC(=O)CC3C)ccc2o1. The summed E-state index contributed by atoms with van der Waals surface area (Å²) >= 11 is 0. The minimum Gasteiger partial charge on any atom is -0.424 e. The van der Waals surface area contributed by atoms with Crippen molar-refractivity contribution in [3.8, 4) is 0 Å². The van der Waals surface area contributed by atoms with Gasteiger partial charge in [0.05, 0.1) is 5.71 Å². The predicted molar refractivity (Wildman–Crippen MR) is 90.5 cm³/mol. The molecule has 0 spiro atoms. The van der Waals surface area contributed by atoms with Gasteiger partial charge in [0.2, 0.25) is 5.91 Å². The molecule has 1 aliphatic rings. The molecule has 0 saturated heterocycles. The number of rotatable bonds is 6. The van der Waals surface area contributed by atoms with Crippen molar-refractivity contribution >= 4 is 28.7 Å². The van der Waals surface area contributed by atoms with Gasteiger partial charge in [-0.15, -0.1) is 0 Å². The highest BCUT2D eigenvalue weighted by atomic mass is 16.4. The van der Waals surface area contributed by atoms with Crippen LogP contribution in [-0.4, -0.2) is 23.1 Å². The molecular formula is C17H22N4O2. The first-order valence-corrected chi connectivity index (χ1v) is 8.18. The predicted octanol–water partition coefficient (Wildman–Crippen LogP) is 3.29. The molecule has 1 aromatic carbocycles. The maximum atomic E-state index is 11.4. The number of hydrazone groups is 1. The highest BCUT2D eigenvalue weighted by Gasteiger charge is 2.22. The molecule has 1 amide bonds. The number of carbonyl (C=O) groups excluding carboxylic acids is 1. The van der Waals surface area contributed by atoms with E-state index in [-0.39, 0.29) is 11.8 Å². The van der Waals surface area contributed by atoms with Crippen LogP contribution in [0.3, 0.4) is 0 Å². The summed E-state index contributed by atoms with van der Waals surface area (Å²) in [6.45, 7) is 5.05. The van der Waals surface area contributed by atoms with Crippen LogP contribution in [0.5, 0.6) is 0 Å². The second-order valence-corrected chi connectivity index (χ2v) is 5.97. The molecule has 122 valence electrons. The number of hydrogen-bond donors (Lipinski definition) is 2. The maximum Gasteiger partial charge on any atom is 0.295 e. The van der Waals surface area contributed by atoms with Gasteiger partial charge in [0.1, 0.15) is 5.52 Å². The van der Waals surface area contributed by atoms with E-state index in [0.29, 0.717) is 12.4 Å². The third-order valence-electron chi connectivity index (χ3n) is 4.00. The molecule has 1 aromatic heterocycles. The van der Waals surface area contributed by atoms with Crippen molar-refractivity contribution < 1.29 is 9.21 Å². The van der Waals surface area contributed by atoms with E-state index in [9.17, 15) is 4.79 Å². The molecule has 0 fully saturated rings. The Bertz CT molecular complexity index is 735. The lowest BCUT2D eigenvalue weighted by molar-refractivity contribution is -0.121. The minimum atomic E-state index is -0.0395. The van der Waals surface area contributed by atoms with Crippen molar-refractivity contribution in [3.05, 3.63) is 23.8 Å². The Morgan fingerprint density at radius 2 is 2.26 bits per heavy atom. The van der Waals surface area contributed by atoms with Crippen LogP contribution in [0.15, 0.2) is 27.7 Å². The van der Waals surface area contributed by atoms with Crippen molar-refractivity contribution in [2.75, 3.05) is 11.9 Å². The maximum absolute atomic E-state index is 11.4. The van der Waals surface area contributed by atoms with E-state index in [2.05, 4.69) is 27.8 Å². The summed E-state index contributed by atoms with van der Waals surface area (Å²) in [5.41, 5.74) is 5.95. The molecule has 1 unspecified atom stereocenters. The van der Waals surface area contributed by atoms with Crippen LogP contribution in [0.25, 0.3) is 11.1 Å². The summed E-state index contributed by atoms with van der Waals surface area (Å²) in [5, 5.41) is 7.41. The minimum absolute atomic E-state index is 0.0395. The molecule has 2 N–H and O–H groups in total. The third kappa shape index (κ3) is 3.52.